The molecular formula is C34H40N6O5. The van der Waals surface area contributed by atoms with E-state index >= 15 is 0 Å². The van der Waals surface area contributed by atoms with E-state index in [1.165, 1.54) is 0 Å². The number of amides is 2. The number of carboxylic acid groups (broad SMARTS) is 1. The Hall–Kier alpha value is -4.93. The number of aromatic nitrogens is 4. The summed E-state index contributed by atoms with van der Waals surface area (Å²) in [4.78, 5) is 50.4. The highest BCUT2D eigenvalue weighted by molar-refractivity contribution is 5.97. The van der Waals surface area contributed by atoms with Crippen molar-refractivity contribution in [3.05, 3.63) is 83.4 Å². The van der Waals surface area contributed by atoms with Crippen LogP contribution in [-0.4, -0.2) is 55.6 Å². The maximum absolute atomic E-state index is 13.1. The number of hydrogen-bond donors (Lipinski definition) is 3. The molecule has 0 fully saturated rings. The van der Waals surface area contributed by atoms with E-state index in [1.54, 1.807) is 24.5 Å². The number of unbranched alkanes of at least 4 members (excludes halogenated alkanes) is 2. The van der Waals surface area contributed by atoms with Crippen LogP contribution in [0.2, 0.25) is 0 Å². The van der Waals surface area contributed by atoms with Gasteiger partial charge in [0.25, 0.3) is 11.8 Å². The molecule has 3 N–H and O–H groups in total. The van der Waals surface area contributed by atoms with E-state index in [-0.39, 0.29) is 24.8 Å². The largest absolute Gasteiger partial charge is 0.481 e. The third-order valence-corrected chi connectivity index (χ3v) is 7.30. The van der Waals surface area contributed by atoms with Crippen LogP contribution >= 0.6 is 0 Å². The Kier molecular flexibility index (Phi) is 11.1. The van der Waals surface area contributed by atoms with Crippen LogP contribution in [0.1, 0.15) is 80.7 Å². The van der Waals surface area contributed by atoms with E-state index in [9.17, 15) is 14.4 Å². The van der Waals surface area contributed by atoms with Gasteiger partial charge in [0.15, 0.2) is 11.6 Å². The van der Waals surface area contributed by atoms with Crippen LogP contribution < -0.4 is 10.6 Å². The minimum atomic E-state index is -1.02. The standard InChI is InChI=1S/C34H40N6O5/c1-5-6-7-8-28-39-33(45-40-28)25-20-36-30(37-21-25)23-11-9-22(10-12-23)19-27(32(44)35-18-17-29(41)42)38-31(43)24-13-15-26(16-14-24)34(2,3)4/h9-16,20-21,27H,5-8,17-19H2,1-4H3,(H,35,44)(H,38,43)(H,41,42)/t27-/m0/s1. The van der Waals surface area contributed by atoms with Crippen molar-refractivity contribution in [2.75, 3.05) is 6.54 Å². The van der Waals surface area contributed by atoms with Crippen molar-refractivity contribution in [3.8, 4) is 22.8 Å². The van der Waals surface area contributed by atoms with Crippen LogP contribution in [0, 0.1) is 0 Å². The van der Waals surface area contributed by atoms with Crippen LogP contribution in [0.15, 0.2) is 65.4 Å². The molecule has 0 radical (unpaired) electrons. The van der Waals surface area contributed by atoms with Crippen molar-refractivity contribution < 1.29 is 24.0 Å². The highest BCUT2D eigenvalue weighted by Gasteiger charge is 2.23. The predicted octanol–water partition coefficient (Wildman–Crippen LogP) is 5.16. The molecule has 0 spiro atoms. The number of aliphatic carboxylic acids is 1. The average Bonchev–Trinajstić information content (AvgIpc) is 3.49. The summed E-state index contributed by atoms with van der Waals surface area (Å²) >= 11 is 0. The first-order valence-corrected chi connectivity index (χ1v) is 15.2. The van der Waals surface area contributed by atoms with Crippen molar-refractivity contribution in [1.82, 2.24) is 30.7 Å². The van der Waals surface area contributed by atoms with Gasteiger partial charge in [0.1, 0.15) is 6.04 Å². The lowest BCUT2D eigenvalue weighted by Crippen LogP contribution is -2.48. The minimum Gasteiger partial charge on any atom is -0.481 e. The molecule has 2 aromatic carbocycles. The zero-order valence-electron chi connectivity index (χ0n) is 26.2. The third-order valence-electron chi connectivity index (χ3n) is 7.30. The van der Waals surface area contributed by atoms with Gasteiger partial charge in [0, 0.05) is 42.9 Å². The summed E-state index contributed by atoms with van der Waals surface area (Å²) in [6.07, 6.45) is 7.26. The van der Waals surface area contributed by atoms with Gasteiger partial charge in [-0.1, -0.05) is 82.1 Å². The second-order valence-electron chi connectivity index (χ2n) is 12.0. The molecule has 0 saturated heterocycles. The van der Waals surface area contributed by atoms with E-state index < -0.39 is 23.8 Å². The van der Waals surface area contributed by atoms with Gasteiger partial charge in [-0.05, 0) is 35.1 Å². The van der Waals surface area contributed by atoms with Crippen LogP contribution in [0.5, 0.6) is 0 Å². The molecule has 0 aliphatic heterocycles. The highest BCUT2D eigenvalue weighted by atomic mass is 16.5. The van der Waals surface area contributed by atoms with Crippen molar-refractivity contribution >= 4 is 17.8 Å². The first kappa shape index (κ1) is 33.0. The lowest BCUT2D eigenvalue weighted by molar-refractivity contribution is -0.137. The highest BCUT2D eigenvalue weighted by Crippen LogP contribution is 2.23. The molecule has 2 aromatic heterocycles. The molecule has 11 heteroatoms. The zero-order valence-corrected chi connectivity index (χ0v) is 26.2. The van der Waals surface area contributed by atoms with Crippen LogP contribution in [0.3, 0.4) is 0 Å². The van der Waals surface area contributed by atoms with Crippen molar-refractivity contribution in [3.63, 3.8) is 0 Å². The number of carbonyl (C=O) groups excluding carboxylic acids is 2. The zero-order chi connectivity index (χ0) is 32.4. The number of hydrogen-bond acceptors (Lipinski definition) is 8. The Bertz CT molecular complexity index is 1580. The lowest BCUT2D eigenvalue weighted by Gasteiger charge is -2.20. The minimum absolute atomic E-state index is 0.0448. The quantitative estimate of drug-likeness (QED) is 0.164. The summed E-state index contributed by atoms with van der Waals surface area (Å²) in [5.41, 5.74) is 3.63. The monoisotopic (exact) mass is 612 g/mol. The summed E-state index contributed by atoms with van der Waals surface area (Å²) in [6.45, 7) is 8.37. The van der Waals surface area contributed by atoms with Crippen molar-refractivity contribution in [1.29, 1.82) is 0 Å². The number of carbonyl (C=O) groups is 3. The SMILES string of the molecule is CCCCCc1noc(-c2cnc(-c3ccc(C[C@H](NC(=O)c4ccc(C(C)(C)C)cc4)C(=O)NCCC(=O)O)cc3)nc2)n1. The third kappa shape index (κ3) is 9.53. The Morgan fingerprint density at radius 1 is 0.933 bits per heavy atom. The van der Waals surface area contributed by atoms with Crippen LogP contribution in [0.25, 0.3) is 22.8 Å². The summed E-state index contributed by atoms with van der Waals surface area (Å²) in [5, 5.41) is 18.4. The molecule has 0 aliphatic carbocycles. The number of nitrogens with one attached hydrogen (secondary N) is 2. The average molecular weight is 613 g/mol. The summed E-state index contributed by atoms with van der Waals surface area (Å²) in [7, 11) is 0. The Morgan fingerprint density at radius 2 is 1.62 bits per heavy atom. The Balaban J connectivity index is 1.44. The Morgan fingerprint density at radius 3 is 2.24 bits per heavy atom. The van der Waals surface area contributed by atoms with Crippen molar-refractivity contribution in [2.24, 2.45) is 0 Å². The Labute approximate surface area is 262 Å². The van der Waals surface area contributed by atoms with Gasteiger partial charge in [-0.2, -0.15) is 4.98 Å². The maximum atomic E-state index is 13.1. The number of aryl methyl sites for hydroxylation is 1. The molecule has 0 unspecified atom stereocenters. The summed E-state index contributed by atoms with van der Waals surface area (Å²) in [5.74, 6) is -0.334. The van der Waals surface area contributed by atoms with Gasteiger partial charge in [-0.15, -0.1) is 0 Å². The van der Waals surface area contributed by atoms with Gasteiger partial charge >= 0.3 is 5.97 Å². The van der Waals surface area contributed by atoms with E-state index in [2.05, 4.69) is 58.4 Å². The predicted molar refractivity (Wildman–Crippen MR) is 169 cm³/mol. The van der Waals surface area contributed by atoms with Crippen molar-refractivity contribution in [2.45, 2.75) is 77.7 Å². The van der Waals surface area contributed by atoms with Gasteiger partial charge in [0.2, 0.25) is 5.91 Å². The van der Waals surface area contributed by atoms with E-state index in [0.717, 1.165) is 42.4 Å². The molecule has 236 valence electrons. The van der Waals surface area contributed by atoms with E-state index in [1.807, 2.05) is 36.4 Å². The fourth-order valence-electron chi connectivity index (χ4n) is 4.61. The van der Waals surface area contributed by atoms with Gasteiger partial charge in [-0.25, -0.2) is 9.97 Å². The number of nitrogens with zero attached hydrogens (tertiary/aromatic N) is 4. The smallest absolute Gasteiger partial charge is 0.305 e. The molecule has 1 atom stereocenters. The molecule has 4 aromatic rings. The van der Waals surface area contributed by atoms with E-state index in [4.69, 9.17) is 9.63 Å². The summed E-state index contributed by atoms with van der Waals surface area (Å²) < 4.78 is 5.38. The van der Waals surface area contributed by atoms with Gasteiger partial charge in [0.05, 0.1) is 12.0 Å². The van der Waals surface area contributed by atoms with Gasteiger partial charge < -0.3 is 20.3 Å². The molecule has 2 amide bonds. The fraction of sp³-hybridized carbons (Fsp3) is 0.382. The first-order chi connectivity index (χ1) is 21.5. The first-order valence-electron chi connectivity index (χ1n) is 15.2. The molecule has 2 heterocycles. The molecule has 0 saturated carbocycles. The molecule has 4 rings (SSSR count). The van der Waals surface area contributed by atoms with Crippen LogP contribution in [0.4, 0.5) is 0 Å². The number of rotatable bonds is 14. The second-order valence-corrected chi connectivity index (χ2v) is 12.0. The molecule has 11 nitrogen and oxygen atoms in total. The van der Waals surface area contributed by atoms with Gasteiger partial charge in [-0.3, -0.25) is 14.4 Å². The second kappa shape index (κ2) is 15.2. The topological polar surface area (TPSA) is 160 Å². The number of carboxylic acids is 1. The maximum Gasteiger partial charge on any atom is 0.305 e. The fourth-order valence-corrected chi connectivity index (χ4v) is 4.61. The molecule has 0 bridgehead atoms. The number of benzene rings is 2. The van der Waals surface area contributed by atoms with E-state index in [0.29, 0.717) is 28.7 Å². The lowest BCUT2D eigenvalue weighted by atomic mass is 9.86. The van der Waals surface area contributed by atoms with Crippen LogP contribution in [-0.2, 0) is 27.8 Å². The molecule has 0 aliphatic rings. The molecule has 45 heavy (non-hydrogen) atoms. The molecular weight excluding hydrogens is 572 g/mol. The summed E-state index contributed by atoms with van der Waals surface area (Å²) in [6, 6.07) is 13.7. The normalized spacial score (nSPS) is 12.0.